The second kappa shape index (κ2) is 12.5. The summed E-state index contributed by atoms with van der Waals surface area (Å²) in [5.41, 5.74) is 0. The van der Waals surface area contributed by atoms with Crippen molar-refractivity contribution in [3.8, 4) is 0 Å². The highest BCUT2D eigenvalue weighted by Gasteiger charge is 2.15. The Morgan fingerprint density at radius 2 is 1.65 bits per heavy atom. The quantitative estimate of drug-likeness (QED) is 0.369. The molecule has 0 aromatic carbocycles. The largest absolute Gasteiger partial charge is 0.382 e. The van der Waals surface area contributed by atoms with Gasteiger partial charge < -0.3 is 28.4 Å². The van der Waals surface area contributed by atoms with Gasteiger partial charge in [-0.3, -0.25) is 4.90 Å². The van der Waals surface area contributed by atoms with Gasteiger partial charge in [-0.25, -0.2) is 0 Å². The maximum Gasteiger partial charge on any atom is 0.182 e. The maximum atomic E-state index is 5.74. The number of hydrogen-bond donors (Lipinski definition) is 0. The summed E-state index contributed by atoms with van der Waals surface area (Å²) in [4.78, 5) is 2.19. The van der Waals surface area contributed by atoms with E-state index in [1.165, 1.54) is 0 Å². The normalized spacial score (nSPS) is 18.3. The molecule has 120 valence electrons. The lowest BCUT2D eigenvalue weighted by Gasteiger charge is -2.28. The molecule has 0 radical (unpaired) electrons. The third-order valence-electron chi connectivity index (χ3n) is 2.82. The number of hydrogen-bond acceptors (Lipinski definition) is 7. The molecule has 1 rings (SSSR count). The Morgan fingerprint density at radius 1 is 0.950 bits per heavy atom. The van der Waals surface area contributed by atoms with E-state index >= 15 is 0 Å². The lowest BCUT2D eigenvalue weighted by molar-refractivity contribution is -0.201. The zero-order valence-electron chi connectivity index (χ0n) is 12.5. The van der Waals surface area contributed by atoms with Gasteiger partial charge >= 0.3 is 0 Å². The zero-order chi connectivity index (χ0) is 14.5. The highest BCUT2D eigenvalue weighted by Crippen LogP contribution is 2.02. The van der Waals surface area contributed by atoms with E-state index < -0.39 is 0 Å². The smallest absolute Gasteiger partial charge is 0.182 e. The van der Waals surface area contributed by atoms with Crippen LogP contribution in [0, 0.1) is 0 Å². The van der Waals surface area contributed by atoms with Crippen LogP contribution in [0.4, 0.5) is 0 Å². The minimum Gasteiger partial charge on any atom is -0.382 e. The van der Waals surface area contributed by atoms with Crippen LogP contribution in [-0.4, -0.2) is 91.5 Å². The molecule has 7 heteroatoms. The number of nitrogens with zero attached hydrogens (tertiary/aromatic N) is 1. The number of rotatable bonds is 12. The summed E-state index contributed by atoms with van der Waals surface area (Å²) in [5, 5.41) is 0. The van der Waals surface area contributed by atoms with Crippen molar-refractivity contribution in [3.63, 3.8) is 0 Å². The molecular weight excluding hydrogens is 266 g/mol. The van der Waals surface area contributed by atoms with E-state index in [-0.39, 0.29) is 6.29 Å². The molecule has 0 amide bonds. The maximum absolute atomic E-state index is 5.74. The Hall–Kier alpha value is -0.280. The molecule has 0 saturated carbocycles. The van der Waals surface area contributed by atoms with Gasteiger partial charge in [0.1, 0.15) is 6.73 Å². The molecular formula is C13H27NO6. The zero-order valence-corrected chi connectivity index (χ0v) is 12.5. The summed E-state index contributed by atoms with van der Waals surface area (Å²) in [6, 6.07) is 0. The van der Waals surface area contributed by atoms with Crippen molar-refractivity contribution >= 4 is 0 Å². The Labute approximate surface area is 121 Å². The summed E-state index contributed by atoms with van der Waals surface area (Å²) in [6.45, 7) is 6.30. The molecule has 0 aromatic heterocycles. The fourth-order valence-electron chi connectivity index (χ4n) is 1.65. The molecule has 1 unspecified atom stereocenters. The predicted molar refractivity (Wildman–Crippen MR) is 72.7 cm³/mol. The van der Waals surface area contributed by atoms with E-state index in [0.717, 1.165) is 26.3 Å². The van der Waals surface area contributed by atoms with Crippen LogP contribution in [0.2, 0.25) is 0 Å². The minimum absolute atomic E-state index is 0.384. The molecule has 1 atom stereocenters. The molecule has 1 aliphatic rings. The van der Waals surface area contributed by atoms with Crippen molar-refractivity contribution in [1.29, 1.82) is 0 Å². The van der Waals surface area contributed by atoms with Crippen LogP contribution in [0.5, 0.6) is 0 Å². The average molecular weight is 293 g/mol. The van der Waals surface area contributed by atoms with E-state index in [1.807, 2.05) is 0 Å². The van der Waals surface area contributed by atoms with Crippen molar-refractivity contribution in [2.24, 2.45) is 0 Å². The lowest BCUT2D eigenvalue weighted by Crippen LogP contribution is -2.40. The summed E-state index contributed by atoms with van der Waals surface area (Å²) < 4.78 is 31.9. The van der Waals surface area contributed by atoms with Gasteiger partial charge in [0, 0.05) is 27.3 Å². The molecule has 0 bridgehead atoms. The number of ether oxygens (including phenoxy) is 6. The van der Waals surface area contributed by atoms with Crippen LogP contribution in [0.3, 0.4) is 0 Å². The summed E-state index contributed by atoms with van der Waals surface area (Å²) in [5.74, 6) is 0. The fourth-order valence-corrected chi connectivity index (χ4v) is 1.65. The molecule has 0 N–H and O–H groups in total. The first-order chi connectivity index (χ1) is 9.86. The van der Waals surface area contributed by atoms with Crippen molar-refractivity contribution in [3.05, 3.63) is 0 Å². The lowest BCUT2D eigenvalue weighted by atomic mass is 10.5. The van der Waals surface area contributed by atoms with Crippen LogP contribution in [0.25, 0.3) is 0 Å². The van der Waals surface area contributed by atoms with Crippen LogP contribution < -0.4 is 0 Å². The van der Waals surface area contributed by atoms with Gasteiger partial charge in [0.25, 0.3) is 0 Å². The summed E-state index contributed by atoms with van der Waals surface area (Å²) in [6.07, 6.45) is -0.384. The summed E-state index contributed by atoms with van der Waals surface area (Å²) >= 11 is 0. The van der Waals surface area contributed by atoms with Crippen LogP contribution in [0.1, 0.15) is 0 Å². The topological polar surface area (TPSA) is 58.6 Å². The minimum atomic E-state index is -0.384. The van der Waals surface area contributed by atoms with Gasteiger partial charge in [-0.2, -0.15) is 0 Å². The summed E-state index contributed by atoms with van der Waals surface area (Å²) in [7, 11) is 3.28. The predicted octanol–water partition coefficient (Wildman–Crippen LogP) is -0.0552. The monoisotopic (exact) mass is 293 g/mol. The van der Waals surface area contributed by atoms with E-state index in [2.05, 4.69) is 4.90 Å². The Bertz CT molecular complexity index is 213. The van der Waals surface area contributed by atoms with Crippen molar-refractivity contribution < 1.29 is 28.4 Å². The Kier molecular flexibility index (Phi) is 11.1. The molecule has 0 aromatic rings. The van der Waals surface area contributed by atoms with Crippen LogP contribution in [0.15, 0.2) is 0 Å². The van der Waals surface area contributed by atoms with E-state index in [1.54, 1.807) is 14.2 Å². The highest BCUT2D eigenvalue weighted by molar-refractivity contribution is 4.57. The van der Waals surface area contributed by atoms with Crippen molar-refractivity contribution in [2.75, 3.05) is 80.3 Å². The molecule has 1 fully saturated rings. The van der Waals surface area contributed by atoms with Crippen molar-refractivity contribution in [1.82, 2.24) is 4.90 Å². The van der Waals surface area contributed by atoms with Gasteiger partial charge in [0.15, 0.2) is 6.29 Å². The first kappa shape index (κ1) is 17.8. The Morgan fingerprint density at radius 3 is 2.35 bits per heavy atom. The molecule has 7 nitrogen and oxygen atoms in total. The first-order valence-electron chi connectivity index (χ1n) is 6.95. The number of morpholine rings is 1. The molecule has 20 heavy (non-hydrogen) atoms. The fraction of sp³-hybridized carbons (Fsp3) is 1.00. The second-order valence-electron chi connectivity index (χ2n) is 4.39. The van der Waals surface area contributed by atoms with Crippen LogP contribution in [-0.2, 0) is 28.4 Å². The molecule has 1 heterocycles. The molecule has 1 saturated heterocycles. The van der Waals surface area contributed by atoms with Gasteiger partial charge in [0.2, 0.25) is 0 Å². The SMILES string of the molecule is COCCOCC(OCCOC)OCN1CCOCC1. The van der Waals surface area contributed by atoms with Gasteiger partial charge in [-0.15, -0.1) is 0 Å². The van der Waals surface area contributed by atoms with Gasteiger partial charge in [-0.05, 0) is 0 Å². The van der Waals surface area contributed by atoms with E-state index in [9.17, 15) is 0 Å². The van der Waals surface area contributed by atoms with E-state index in [0.29, 0.717) is 39.8 Å². The average Bonchev–Trinajstić information content (AvgIpc) is 2.49. The van der Waals surface area contributed by atoms with E-state index in [4.69, 9.17) is 28.4 Å². The van der Waals surface area contributed by atoms with Gasteiger partial charge in [0.05, 0.1) is 46.2 Å². The third kappa shape index (κ3) is 8.80. The molecule has 0 spiro atoms. The molecule has 0 aliphatic carbocycles. The van der Waals surface area contributed by atoms with Gasteiger partial charge in [-0.1, -0.05) is 0 Å². The number of methoxy groups -OCH3 is 2. The molecule has 1 aliphatic heterocycles. The highest BCUT2D eigenvalue weighted by atomic mass is 16.7. The standard InChI is InChI=1S/C13H27NO6/c1-15-7-9-18-11-13(19-10-8-16-2)20-12-14-3-5-17-6-4-14/h13H,3-12H2,1-2H3. The van der Waals surface area contributed by atoms with Crippen LogP contribution >= 0.6 is 0 Å². The Balaban J connectivity index is 2.17. The third-order valence-corrected chi connectivity index (χ3v) is 2.82. The van der Waals surface area contributed by atoms with Crippen molar-refractivity contribution in [2.45, 2.75) is 6.29 Å². The first-order valence-corrected chi connectivity index (χ1v) is 6.95. The second-order valence-corrected chi connectivity index (χ2v) is 4.39.